The Bertz CT molecular complexity index is 1000. The molecular weight excluding hydrogens is 342 g/mol. The number of aromatic nitrogens is 2. The summed E-state index contributed by atoms with van der Waals surface area (Å²) in [5, 5.41) is 0.503. The van der Waals surface area contributed by atoms with Crippen molar-refractivity contribution in [2.45, 2.75) is 13.8 Å². The highest BCUT2D eigenvalue weighted by molar-refractivity contribution is 6.36. The Labute approximate surface area is 149 Å². The largest absolute Gasteiger partial charge is 0.493 e. The lowest BCUT2D eigenvalue weighted by atomic mass is 10.1. The van der Waals surface area contributed by atoms with Gasteiger partial charge in [-0.3, -0.25) is 9.59 Å². The van der Waals surface area contributed by atoms with Crippen molar-refractivity contribution in [2.24, 2.45) is 0 Å². The first kappa shape index (κ1) is 17.0. The zero-order chi connectivity index (χ0) is 18.0. The number of aromatic amines is 1. The summed E-state index contributed by atoms with van der Waals surface area (Å²) in [5.41, 5.74) is 1.34. The van der Waals surface area contributed by atoms with Crippen molar-refractivity contribution < 1.29 is 9.53 Å². The Balaban J connectivity index is 2.21. The van der Waals surface area contributed by atoms with Crippen LogP contribution in [-0.4, -0.2) is 22.5 Å². The fourth-order valence-electron chi connectivity index (χ4n) is 2.50. The minimum Gasteiger partial charge on any atom is -0.493 e. The number of hydrogen-bond acceptors (Lipinski definition) is 4. The highest BCUT2D eigenvalue weighted by Gasteiger charge is 2.16. The van der Waals surface area contributed by atoms with Crippen LogP contribution in [0.5, 0.6) is 5.75 Å². The zero-order valence-corrected chi connectivity index (χ0v) is 14.5. The molecule has 2 aromatic carbocycles. The zero-order valence-electron chi connectivity index (χ0n) is 13.7. The molecular formula is C18H16ClN3O3. The van der Waals surface area contributed by atoms with Gasteiger partial charge in [-0.25, -0.2) is 9.40 Å². The average Bonchev–Trinajstić information content (AvgIpc) is 2.61. The Morgan fingerprint density at radius 1 is 1.28 bits per heavy atom. The summed E-state index contributed by atoms with van der Waals surface area (Å²) >= 11 is 6.01. The van der Waals surface area contributed by atoms with E-state index in [1.165, 1.54) is 6.92 Å². The van der Waals surface area contributed by atoms with Crippen LogP contribution < -0.4 is 14.7 Å². The van der Waals surface area contributed by atoms with E-state index in [1.807, 2.05) is 13.0 Å². The molecule has 0 radical (unpaired) electrons. The summed E-state index contributed by atoms with van der Waals surface area (Å²) in [5.74, 6) is 0.567. The van der Waals surface area contributed by atoms with Gasteiger partial charge in [0.25, 0.3) is 5.56 Å². The third kappa shape index (κ3) is 3.34. The summed E-state index contributed by atoms with van der Waals surface area (Å²) in [4.78, 5) is 31.1. The smallest absolute Gasteiger partial charge is 0.259 e. The van der Waals surface area contributed by atoms with Crippen molar-refractivity contribution in [1.29, 1.82) is 0 Å². The lowest BCUT2D eigenvalue weighted by molar-refractivity contribution is -0.115. The number of amides is 1. The van der Waals surface area contributed by atoms with E-state index in [4.69, 9.17) is 16.5 Å². The number of ether oxygens (including phenoxy) is 1. The van der Waals surface area contributed by atoms with Crippen molar-refractivity contribution in [3.63, 3.8) is 0 Å². The van der Waals surface area contributed by atoms with Crippen LogP contribution in [0.1, 0.15) is 13.8 Å². The molecule has 7 heteroatoms. The molecule has 0 aliphatic heterocycles. The number of carbonyl (C=O) groups is 1. The molecule has 3 rings (SSSR count). The molecule has 0 spiro atoms. The third-order valence-corrected chi connectivity index (χ3v) is 4.07. The Morgan fingerprint density at radius 2 is 2.04 bits per heavy atom. The number of benzene rings is 2. The van der Waals surface area contributed by atoms with Crippen LogP contribution in [0.3, 0.4) is 0 Å². The molecule has 0 unspecified atom stereocenters. The van der Waals surface area contributed by atoms with Crippen LogP contribution in [0.4, 0.5) is 5.69 Å². The summed E-state index contributed by atoms with van der Waals surface area (Å²) in [6.07, 6.45) is 0. The Kier molecular flexibility index (Phi) is 4.72. The van der Waals surface area contributed by atoms with E-state index < -0.39 is 0 Å². The number of para-hydroxylation sites is 1. The standard InChI is InChI=1S/C18H16ClN3O3/c1-3-25-16-9-8-12(22(19)11(2)23)10-14(16)17-20-15-7-5-4-6-13(15)18(24)21-17/h4-10H,3H2,1-2H3,(H,20,21,24). The molecule has 1 aromatic heterocycles. The SMILES string of the molecule is CCOc1ccc(N(Cl)C(C)=O)cc1-c1nc2ccccc2c(=O)[nH]1. The van der Waals surface area contributed by atoms with Crippen LogP contribution in [-0.2, 0) is 4.79 Å². The van der Waals surface area contributed by atoms with Crippen LogP contribution in [0.25, 0.3) is 22.3 Å². The maximum atomic E-state index is 12.3. The number of nitrogens with zero attached hydrogens (tertiary/aromatic N) is 2. The molecule has 0 bridgehead atoms. The van der Waals surface area contributed by atoms with Gasteiger partial charge in [-0.2, -0.15) is 0 Å². The summed E-state index contributed by atoms with van der Waals surface area (Å²) in [6, 6.07) is 12.1. The number of H-pyrrole nitrogens is 1. The lowest BCUT2D eigenvalue weighted by Gasteiger charge is -2.15. The highest BCUT2D eigenvalue weighted by atomic mass is 35.5. The van der Waals surface area contributed by atoms with E-state index in [0.29, 0.717) is 40.3 Å². The van der Waals surface area contributed by atoms with Gasteiger partial charge < -0.3 is 9.72 Å². The van der Waals surface area contributed by atoms with Crippen LogP contribution in [0.15, 0.2) is 47.3 Å². The molecule has 3 aromatic rings. The fraction of sp³-hybridized carbons (Fsp3) is 0.167. The highest BCUT2D eigenvalue weighted by Crippen LogP contribution is 2.33. The van der Waals surface area contributed by atoms with E-state index in [-0.39, 0.29) is 11.5 Å². The Morgan fingerprint density at radius 3 is 2.76 bits per heavy atom. The average molecular weight is 358 g/mol. The van der Waals surface area contributed by atoms with Crippen molar-refractivity contribution in [2.75, 3.05) is 11.0 Å². The number of carbonyl (C=O) groups excluding carboxylic acids is 1. The molecule has 0 fully saturated rings. The van der Waals surface area contributed by atoms with Gasteiger partial charge >= 0.3 is 0 Å². The molecule has 1 amide bonds. The number of nitrogens with one attached hydrogen (secondary N) is 1. The molecule has 0 atom stereocenters. The maximum Gasteiger partial charge on any atom is 0.259 e. The summed E-state index contributed by atoms with van der Waals surface area (Å²) < 4.78 is 6.63. The van der Waals surface area contributed by atoms with Crippen LogP contribution >= 0.6 is 11.8 Å². The van der Waals surface area contributed by atoms with E-state index in [0.717, 1.165) is 4.42 Å². The summed E-state index contributed by atoms with van der Waals surface area (Å²) in [6.45, 7) is 3.67. The van der Waals surface area contributed by atoms with Crippen molar-refractivity contribution in [3.8, 4) is 17.1 Å². The van der Waals surface area contributed by atoms with E-state index in [1.54, 1.807) is 36.4 Å². The third-order valence-electron chi connectivity index (χ3n) is 3.63. The Hall–Kier alpha value is -2.86. The van der Waals surface area contributed by atoms with Crippen LogP contribution in [0, 0.1) is 0 Å². The molecule has 0 aliphatic rings. The van der Waals surface area contributed by atoms with E-state index in [2.05, 4.69) is 9.97 Å². The first-order valence-electron chi connectivity index (χ1n) is 7.74. The van der Waals surface area contributed by atoms with Crippen molar-refractivity contribution in [3.05, 3.63) is 52.8 Å². The number of anilines is 1. The predicted octanol–water partition coefficient (Wildman–Crippen LogP) is 3.50. The quantitative estimate of drug-likeness (QED) is 0.725. The lowest BCUT2D eigenvalue weighted by Crippen LogP contribution is -2.16. The normalized spacial score (nSPS) is 10.7. The first-order chi connectivity index (χ1) is 12.0. The predicted molar refractivity (Wildman–Crippen MR) is 98.0 cm³/mol. The fourth-order valence-corrected chi connectivity index (χ4v) is 2.61. The van der Waals surface area contributed by atoms with Gasteiger partial charge in [0, 0.05) is 18.7 Å². The van der Waals surface area contributed by atoms with Crippen LogP contribution in [0.2, 0.25) is 0 Å². The molecule has 1 N–H and O–H groups in total. The molecule has 0 aliphatic carbocycles. The molecule has 25 heavy (non-hydrogen) atoms. The van der Waals surface area contributed by atoms with E-state index in [9.17, 15) is 9.59 Å². The maximum absolute atomic E-state index is 12.3. The molecule has 0 saturated heterocycles. The number of fused-ring (bicyclic) bond motifs is 1. The number of hydrogen-bond donors (Lipinski definition) is 1. The van der Waals surface area contributed by atoms with Gasteiger partial charge in [0.1, 0.15) is 11.6 Å². The first-order valence-corrected chi connectivity index (χ1v) is 8.08. The minimum atomic E-state index is -0.322. The van der Waals surface area contributed by atoms with Crippen molar-refractivity contribution >= 4 is 34.3 Å². The second kappa shape index (κ2) is 6.94. The van der Waals surface area contributed by atoms with Gasteiger partial charge in [-0.15, -0.1) is 0 Å². The van der Waals surface area contributed by atoms with Gasteiger partial charge in [0.2, 0.25) is 5.91 Å². The molecule has 128 valence electrons. The van der Waals surface area contributed by atoms with Gasteiger partial charge in [0.15, 0.2) is 0 Å². The van der Waals surface area contributed by atoms with Crippen molar-refractivity contribution in [1.82, 2.24) is 9.97 Å². The van der Waals surface area contributed by atoms with E-state index >= 15 is 0 Å². The summed E-state index contributed by atoms with van der Waals surface area (Å²) in [7, 11) is 0. The second-order valence-electron chi connectivity index (χ2n) is 5.35. The molecule has 0 saturated carbocycles. The topological polar surface area (TPSA) is 75.3 Å². The molecule has 6 nitrogen and oxygen atoms in total. The monoisotopic (exact) mass is 357 g/mol. The number of rotatable bonds is 4. The molecule has 1 heterocycles. The van der Waals surface area contributed by atoms with Gasteiger partial charge in [0.05, 0.1) is 28.8 Å². The minimum absolute atomic E-state index is 0.247. The van der Waals surface area contributed by atoms with Gasteiger partial charge in [-0.05, 0) is 37.3 Å². The van der Waals surface area contributed by atoms with Gasteiger partial charge in [-0.1, -0.05) is 12.1 Å². The second-order valence-corrected chi connectivity index (χ2v) is 5.68. The number of halogens is 1.